The van der Waals surface area contributed by atoms with Gasteiger partial charge in [0.15, 0.2) is 0 Å². The molecule has 40 heavy (non-hydrogen) atoms. The van der Waals surface area contributed by atoms with E-state index in [4.69, 9.17) is 4.98 Å². The molecule has 210 valence electrons. The smallest absolute Gasteiger partial charge is 0.313 e. The Bertz CT molecular complexity index is 1550. The molecule has 2 amide bonds. The van der Waals surface area contributed by atoms with Crippen molar-refractivity contribution in [1.82, 2.24) is 19.4 Å². The van der Waals surface area contributed by atoms with Crippen molar-refractivity contribution in [2.24, 2.45) is 0 Å². The second-order valence-electron chi connectivity index (χ2n) is 9.53. The van der Waals surface area contributed by atoms with Gasteiger partial charge in [-0.3, -0.25) is 9.36 Å². The number of urea groups is 1. The molecular formula is C29H29F4N5O2. The summed E-state index contributed by atoms with van der Waals surface area (Å²) in [5.74, 6) is -0.233. The van der Waals surface area contributed by atoms with Gasteiger partial charge in [-0.25, -0.2) is 14.2 Å². The van der Waals surface area contributed by atoms with E-state index in [9.17, 15) is 27.2 Å². The van der Waals surface area contributed by atoms with Crippen LogP contribution in [0, 0.1) is 5.82 Å². The number of carbonyl (C=O) groups excluding carboxylic acids is 1. The van der Waals surface area contributed by atoms with Gasteiger partial charge in [0.05, 0.1) is 28.2 Å². The van der Waals surface area contributed by atoms with Crippen LogP contribution in [0.4, 0.5) is 28.0 Å². The lowest BCUT2D eigenvalue weighted by Gasteiger charge is -2.33. The number of likely N-dealkylation sites (N-methyl/N-ethyl adjacent to an activating group) is 1. The Morgan fingerprint density at radius 3 is 2.35 bits per heavy atom. The number of benzene rings is 3. The molecule has 1 atom stereocenters. The summed E-state index contributed by atoms with van der Waals surface area (Å²) < 4.78 is 55.0. The summed E-state index contributed by atoms with van der Waals surface area (Å²) in [7, 11) is 3.65. The molecule has 1 unspecified atom stereocenters. The van der Waals surface area contributed by atoms with Crippen molar-refractivity contribution in [3.8, 4) is 5.69 Å². The number of para-hydroxylation sites is 1. The molecule has 0 spiro atoms. The molecule has 0 aliphatic heterocycles. The van der Waals surface area contributed by atoms with E-state index >= 15 is 0 Å². The number of aromatic nitrogens is 2. The minimum Gasteiger partial charge on any atom is -0.313 e. The van der Waals surface area contributed by atoms with Crippen LogP contribution >= 0.6 is 0 Å². The van der Waals surface area contributed by atoms with Crippen molar-refractivity contribution in [3.63, 3.8) is 0 Å². The van der Waals surface area contributed by atoms with Gasteiger partial charge >= 0.3 is 12.2 Å². The van der Waals surface area contributed by atoms with Crippen molar-refractivity contribution in [2.45, 2.75) is 25.6 Å². The van der Waals surface area contributed by atoms with Crippen LogP contribution < -0.4 is 10.9 Å². The molecule has 0 radical (unpaired) electrons. The standard InChI is InChI=1S/C29H29F4N5O2/c1-4-25(37(17-16-36(2)3)28(40)34-21-9-7-8-19(18-21)29(31,32)33)26-35-24-11-6-5-10-23(24)27(39)38(26)22-14-12-20(30)13-15-22/h5-15,18,25H,4,16-17H2,1-3H3,(H,34,40). The highest BCUT2D eigenvalue weighted by atomic mass is 19.4. The summed E-state index contributed by atoms with van der Waals surface area (Å²) >= 11 is 0. The molecule has 1 heterocycles. The van der Waals surface area contributed by atoms with Gasteiger partial charge in [-0.15, -0.1) is 0 Å². The average Bonchev–Trinajstić information content (AvgIpc) is 2.91. The third-order valence-electron chi connectivity index (χ3n) is 6.44. The van der Waals surface area contributed by atoms with E-state index in [0.717, 1.165) is 12.1 Å². The quantitative estimate of drug-likeness (QED) is 0.267. The zero-order chi connectivity index (χ0) is 29.0. The molecule has 0 saturated heterocycles. The highest BCUT2D eigenvalue weighted by molar-refractivity contribution is 5.89. The van der Waals surface area contributed by atoms with Crippen LogP contribution in [0.5, 0.6) is 0 Å². The molecule has 11 heteroatoms. The first-order valence-electron chi connectivity index (χ1n) is 12.7. The van der Waals surface area contributed by atoms with Gasteiger partial charge in [0.2, 0.25) is 0 Å². The SMILES string of the molecule is CCC(c1nc2ccccc2c(=O)n1-c1ccc(F)cc1)N(CCN(C)C)C(=O)Nc1cccc(C(F)(F)F)c1. The zero-order valence-electron chi connectivity index (χ0n) is 22.2. The van der Waals surface area contributed by atoms with Crippen LogP contribution in [0.15, 0.2) is 77.6 Å². The van der Waals surface area contributed by atoms with E-state index in [1.165, 1.54) is 45.9 Å². The third-order valence-corrected chi connectivity index (χ3v) is 6.44. The largest absolute Gasteiger partial charge is 0.416 e. The number of halogens is 4. The summed E-state index contributed by atoms with van der Waals surface area (Å²) in [6.07, 6.45) is -4.24. The van der Waals surface area contributed by atoms with E-state index in [-0.39, 0.29) is 18.1 Å². The topological polar surface area (TPSA) is 70.5 Å². The second-order valence-corrected chi connectivity index (χ2v) is 9.53. The predicted molar refractivity (Wildman–Crippen MR) is 146 cm³/mol. The van der Waals surface area contributed by atoms with Crippen LogP contribution in [-0.4, -0.2) is 52.6 Å². The summed E-state index contributed by atoms with van der Waals surface area (Å²) in [6.45, 7) is 2.44. The van der Waals surface area contributed by atoms with Crippen LogP contribution in [0.25, 0.3) is 16.6 Å². The predicted octanol–water partition coefficient (Wildman–Crippen LogP) is 6.09. The first-order chi connectivity index (χ1) is 19.0. The van der Waals surface area contributed by atoms with Gasteiger partial charge in [-0.1, -0.05) is 25.1 Å². The van der Waals surface area contributed by atoms with Crippen LogP contribution in [0.3, 0.4) is 0 Å². The third kappa shape index (κ3) is 6.31. The summed E-state index contributed by atoms with van der Waals surface area (Å²) in [5.41, 5.74) is -0.518. The van der Waals surface area contributed by atoms with Gasteiger partial charge in [-0.2, -0.15) is 13.2 Å². The minimum absolute atomic E-state index is 0.0214. The molecule has 0 aliphatic rings. The Kier molecular flexibility index (Phi) is 8.53. The lowest BCUT2D eigenvalue weighted by Crippen LogP contribution is -2.43. The lowest BCUT2D eigenvalue weighted by atomic mass is 10.1. The van der Waals surface area contributed by atoms with Crippen LogP contribution in [0.1, 0.15) is 30.8 Å². The van der Waals surface area contributed by atoms with Gasteiger partial charge in [-0.05, 0) is 75.1 Å². The molecule has 0 aliphatic carbocycles. The molecule has 7 nitrogen and oxygen atoms in total. The van der Waals surface area contributed by atoms with Crippen LogP contribution in [0.2, 0.25) is 0 Å². The number of alkyl halides is 3. The fourth-order valence-corrected chi connectivity index (χ4v) is 4.43. The van der Waals surface area contributed by atoms with Gasteiger partial charge in [0.1, 0.15) is 11.6 Å². The molecule has 0 fully saturated rings. The highest BCUT2D eigenvalue weighted by Gasteiger charge is 2.32. The summed E-state index contributed by atoms with van der Waals surface area (Å²) in [5, 5.41) is 2.93. The van der Waals surface area contributed by atoms with Crippen molar-refractivity contribution in [3.05, 3.63) is 100 Å². The number of anilines is 1. The molecular weight excluding hydrogens is 526 g/mol. The van der Waals surface area contributed by atoms with E-state index in [0.29, 0.717) is 29.6 Å². The lowest BCUT2D eigenvalue weighted by molar-refractivity contribution is -0.137. The van der Waals surface area contributed by atoms with Gasteiger partial charge in [0, 0.05) is 18.8 Å². The molecule has 0 bridgehead atoms. The van der Waals surface area contributed by atoms with E-state index in [1.807, 2.05) is 25.9 Å². The monoisotopic (exact) mass is 555 g/mol. The van der Waals surface area contributed by atoms with Crippen LogP contribution in [-0.2, 0) is 6.18 Å². The van der Waals surface area contributed by atoms with Gasteiger partial charge < -0.3 is 15.1 Å². The number of nitrogens with one attached hydrogen (secondary N) is 1. The second kappa shape index (κ2) is 11.9. The fourth-order valence-electron chi connectivity index (χ4n) is 4.43. The Balaban J connectivity index is 1.84. The molecule has 0 saturated carbocycles. The molecule has 4 rings (SSSR count). The highest BCUT2D eigenvalue weighted by Crippen LogP contribution is 2.31. The Morgan fingerprint density at radius 2 is 1.70 bits per heavy atom. The maximum absolute atomic E-state index is 13.8. The maximum atomic E-state index is 13.8. The van der Waals surface area contributed by atoms with Crippen molar-refractivity contribution < 1.29 is 22.4 Å². The minimum atomic E-state index is -4.57. The Labute approximate surface area is 228 Å². The van der Waals surface area contributed by atoms with E-state index in [1.54, 1.807) is 24.3 Å². The number of nitrogens with zero attached hydrogens (tertiary/aromatic N) is 4. The average molecular weight is 556 g/mol. The molecule has 3 aromatic carbocycles. The maximum Gasteiger partial charge on any atom is 0.416 e. The zero-order valence-corrected chi connectivity index (χ0v) is 22.2. The van der Waals surface area contributed by atoms with Gasteiger partial charge in [0.25, 0.3) is 5.56 Å². The van der Waals surface area contributed by atoms with E-state index < -0.39 is 35.2 Å². The first-order valence-corrected chi connectivity index (χ1v) is 12.7. The molecule has 1 N–H and O–H groups in total. The first kappa shape index (κ1) is 28.8. The fraction of sp³-hybridized carbons (Fsp3) is 0.276. The molecule has 1 aromatic heterocycles. The summed E-state index contributed by atoms with van der Waals surface area (Å²) in [6, 6.07) is 15.1. The number of rotatable bonds is 8. The number of hydrogen-bond donors (Lipinski definition) is 1. The normalized spacial score (nSPS) is 12.5. The summed E-state index contributed by atoms with van der Waals surface area (Å²) in [4.78, 5) is 35.5. The Morgan fingerprint density at radius 1 is 1.00 bits per heavy atom. The van der Waals surface area contributed by atoms with Crippen molar-refractivity contribution >= 4 is 22.6 Å². The number of hydrogen-bond acceptors (Lipinski definition) is 4. The van der Waals surface area contributed by atoms with Crippen molar-refractivity contribution in [2.75, 3.05) is 32.5 Å². The van der Waals surface area contributed by atoms with Crippen molar-refractivity contribution in [1.29, 1.82) is 0 Å². The molecule has 4 aromatic rings. The number of carbonyl (C=O) groups is 1. The number of fused-ring (bicyclic) bond motifs is 1. The number of amides is 2. The Hall–Kier alpha value is -4.25. The van der Waals surface area contributed by atoms with E-state index in [2.05, 4.69) is 5.32 Å².